The van der Waals surface area contributed by atoms with Gasteiger partial charge in [-0.05, 0) is 12.8 Å². The maximum Gasteiger partial charge on any atom is 0.0624 e. The number of allylic oxidation sites excluding steroid dienone is 2. The van der Waals surface area contributed by atoms with Crippen molar-refractivity contribution in [3.63, 3.8) is 0 Å². The van der Waals surface area contributed by atoms with Gasteiger partial charge in [0.25, 0.3) is 0 Å². The summed E-state index contributed by atoms with van der Waals surface area (Å²) in [6.07, 6.45) is 18.4. The van der Waals surface area contributed by atoms with Crippen molar-refractivity contribution in [3.8, 4) is 0 Å². The zero-order valence-electron chi connectivity index (χ0n) is 16.7. The van der Waals surface area contributed by atoms with Crippen LogP contribution in [0, 0.1) is 26.0 Å². The fraction of sp³-hybridized carbons (Fsp3) is 0.600. The van der Waals surface area contributed by atoms with E-state index in [2.05, 4.69) is 36.6 Å². The smallest absolute Gasteiger partial charge is 0.0624 e. The first-order chi connectivity index (χ1) is 11.7. The Kier molecular flexibility index (Phi) is 33.2. The maximum atomic E-state index is 11.7. The first-order valence-electron chi connectivity index (χ1n) is 9.01. The van der Waals surface area contributed by atoms with Gasteiger partial charge in [0.05, 0.1) is 11.8 Å². The summed E-state index contributed by atoms with van der Waals surface area (Å²) in [4.78, 5) is 23.3. The Morgan fingerprint density at radius 1 is 0.786 bits per heavy atom. The fourth-order valence-electron chi connectivity index (χ4n) is 2.48. The molecule has 1 fully saturated rings. The normalized spacial score (nSPS) is 17.4. The van der Waals surface area contributed by atoms with Crippen LogP contribution in [-0.2, 0) is 112 Å². The summed E-state index contributed by atoms with van der Waals surface area (Å²) in [6.45, 7) is 7.56. The number of hydrogen-bond acceptors (Lipinski definition) is 2. The summed E-state index contributed by atoms with van der Waals surface area (Å²) in [5.41, 5.74) is 0. The summed E-state index contributed by atoms with van der Waals surface area (Å²) < 4.78 is 0. The third-order valence-electron chi connectivity index (χ3n) is 3.97. The van der Waals surface area contributed by atoms with Crippen molar-refractivity contribution in [2.24, 2.45) is 0 Å². The van der Waals surface area contributed by atoms with Gasteiger partial charge in [-0.3, -0.25) is 12.2 Å². The first kappa shape index (κ1) is 37.1. The van der Waals surface area contributed by atoms with Crippen molar-refractivity contribution >= 4 is 11.8 Å². The van der Waals surface area contributed by atoms with Crippen LogP contribution >= 0.6 is 0 Å². The molecule has 1 aliphatic rings. The van der Waals surface area contributed by atoms with Gasteiger partial charge in [0, 0.05) is 115 Å². The molecule has 0 aromatic carbocycles. The van der Waals surface area contributed by atoms with Gasteiger partial charge in [-0.2, -0.15) is 12.8 Å². The zero-order chi connectivity index (χ0) is 17.6. The van der Waals surface area contributed by atoms with Crippen molar-refractivity contribution < 1.29 is 112 Å². The third kappa shape index (κ3) is 19.7. The zero-order valence-corrected chi connectivity index (χ0v) is 25.1. The van der Waals surface area contributed by atoms with Crippen molar-refractivity contribution in [2.75, 3.05) is 0 Å². The topological polar surface area (TPSA) is 58.2 Å². The van der Waals surface area contributed by atoms with E-state index in [-0.39, 0.29) is 126 Å². The minimum absolute atomic E-state index is 0. The van der Waals surface area contributed by atoms with E-state index in [0.29, 0.717) is 0 Å². The van der Waals surface area contributed by atoms with E-state index in [0.717, 1.165) is 64.2 Å². The predicted molar refractivity (Wildman–Crippen MR) is 96.4 cm³/mol. The molecular formula is C20H30N2O2V2Y2-4. The molecule has 0 unspecified atom stereocenters. The molecule has 0 aliphatic heterocycles. The molecule has 1 rings (SSSR count). The van der Waals surface area contributed by atoms with Gasteiger partial charge in [-0.25, -0.2) is 0 Å². The standard InChI is InChI=1S/C20H30N2O2.2V.2Y/c1-3-5-7-9-11-13-19(23)21-17-15-18(16-17)22-20(24)14-12-10-8-6-4-2;;;;/h11-12,17-18H,1-10,15-16H2,(H,21,23)(H,22,24);;;;/q-4;;;;. The number of unbranched alkanes of at least 4 members (excludes halogenated alkanes) is 6. The average Bonchev–Trinajstić information content (AvgIpc) is 2.52. The molecule has 0 spiro atoms. The third-order valence-corrected chi connectivity index (χ3v) is 3.97. The molecule has 0 heterocycles. The van der Waals surface area contributed by atoms with Crippen molar-refractivity contribution in [3.05, 3.63) is 38.2 Å². The minimum atomic E-state index is -0.170. The van der Waals surface area contributed by atoms with Crippen LogP contribution in [0.1, 0.15) is 64.2 Å². The monoisotopic (exact) mass is 610 g/mol. The molecule has 0 aromatic rings. The quantitative estimate of drug-likeness (QED) is 0.203. The molecule has 0 aromatic heterocycles. The van der Waals surface area contributed by atoms with Crippen LogP contribution in [0.15, 0.2) is 12.2 Å². The second-order valence-corrected chi connectivity index (χ2v) is 6.21. The number of carbonyl (C=O) groups excluding carboxylic acids is 2. The second kappa shape index (κ2) is 25.1. The van der Waals surface area contributed by atoms with E-state index >= 15 is 0 Å². The van der Waals surface area contributed by atoms with Crippen LogP contribution in [0.4, 0.5) is 0 Å². The molecule has 4 nitrogen and oxygen atoms in total. The van der Waals surface area contributed by atoms with E-state index in [1.807, 2.05) is 0 Å². The SMILES string of the molecule is [CH2-]CCCCC=[C-]C(=O)NC1CC(NC(=O)[C-]=CCCCC[CH2-])C1.[V].[V].[Y].[Y]. The number of hydrogen-bond donors (Lipinski definition) is 2. The van der Waals surface area contributed by atoms with Crippen LogP contribution in [0.3, 0.4) is 0 Å². The van der Waals surface area contributed by atoms with E-state index < -0.39 is 0 Å². The summed E-state index contributed by atoms with van der Waals surface area (Å²) in [5.74, 6) is -0.340. The molecule has 1 saturated carbocycles. The molecule has 4 radical (unpaired) electrons. The molecule has 1 aliphatic carbocycles. The van der Waals surface area contributed by atoms with Gasteiger partial charge in [0.15, 0.2) is 0 Å². The number of amides is 2. The molecule has 0 bridgehead atoms. The predicted octanol–water partition coefficient (Wildman–Crippen LogP) is 3.25. The molecule has 0 saturated heterocycles. The van der Waals surface area contributed by atoms with Crippen molar-refractivity contribution in [1.82, 2.24) is 10.6 Å². The Balaban J connectivity index is -0.000000720. The Labute approximate surface area is 245 Å². The number of rotatable bonds is 12. The Morgan fingerprint density at radius 2 is 1.14 bits per heavy atom. The van der Waals surface area contributed by atoms with Gasteiger partial charge in [-0.1, -0.05) is 38.5 Å². The number of nitrogens with one attached hydrogen (secondary N) is 2. The summed E-state index contributed by atoms with van der Waals surface area (Å²) in [5, 5.41) is 5.80. The Hall–Kier alpha value is 1.80. The van der Waals surface area contributed by atoms with Gasteiger partial charge >= 0.3 is 0 Å². The van der Waals surface area contributed by atoms with Crippen LogP contribution < -0.4 is 10.6 Å². The molecule has 2 N–H and O–H groups in total. The summed E-state index contributed by atoms with van der Waals surface area (Å²) in [6, 6.07) is 0.258. The van der Waals surface area contributed by atoms with E-state index in [1.54, 1.807) is 12.2 Å². The maximum absolute atomic E-state index is 11.7. The van der Waals surface area contributed by atoms with Gasteiger partial charge in [0.2, 0.25) is 0 Å². The van der Waals surface area contributed by atoms with Crippen LogP contribution in [0.2, 0.25) is 0 Å². The minimum Gasteiger partial charge on any atom is -0.409 e. The van der Waals surface area contributed by atoms with Gasteiger partial charge in [-0.15, -0.1) is 0 Å². The summed E-state index contributed by atoms with van der Waals surface area (Å²) in [7, 11) is 0. The molecule has 152 valence electrons. The summed E-state index contributed by atoms with van der Waals surface area (Å²) >= 11 is 0. The van der Waals surface area contributed by atoms with Crippen molar-refractivity contribution in [2.45, 2.75) is 76.3 Å². The first-order valence-corrected chi connectivity index (χ1v) is 9.01. The second-order valence-electron chi connectivity index (χ2n) is 6.21. The van der Waals surface area contributed by atoms with Crippen LogP contribution in [-0.4, -0.2) is 23.9 Å². The average molecular weight is 610 g/mol. The van der Waals surface area contributed by atoms with E-state index in [1.165, 1.54) is 0 Å². The Bertz CT molecular complexity index is 406. The van der Waals surface area contributed by atoms with Crippen molar-refractivity contribution in [1.29, 1.82) is 0 Å². The van der Waals surface area contributed by atoms with Crippen LogP contribution in [0.5, 0.6) is 0 Å². The van der Waals surface area contributed by atoms with Crippen LogP contribution in [0.25, 0.3) is 0 Å². The molecule has 2 amide bonds. The fourth-order valence-corrected chi connectivity index (χ4v) is 2.48. The number of carbonyl (C=O) groups is 2. The molecule has 28 heavy (non-hydrogen) atoms. The van der Waals surface area contributed by atoms with E-state index in [4.69, 9.17) is 0 Å². The molecular weight excluding hydrogens is 580 g/mol. The van der Waals surface area contributed by atoms with Gasteiger partial charge < -0.3 is 46.2 Å². The molecule has 0 atom stereocenters. The Morgan fingerprint density at radius 3 is 1.46 bits per heavy atom. The van der Waals surface area contributed by atoms with Gasteiger partial charge in [0.1, 0.15) is 0 Å². The van der Waals surface area contributed by atoms with E-state index in [9.17, 15) is 9.59 Å². The molecule has 8 heteroatoms. The largest absolute Gasteiger partial charge is 0.409 e.